The van der Waals surface area contributed by atoms with Gasteiger partial charge in [-0.05, 0) is 24.3 Å². The molecule has 2 heterocycles. The van der Waals surface area contributed by atoms with Gasteiger partial charge in [-0.15, -0.1) is 16.8 Å². The lowest BCUT2D eigenvalue weighted by Crippen LogP contribution is -2.49. The molecule has 1 amide bonds. The first kappa shape index (κ1) is 22.0. The van der Waals surface area contributed by atoms with Crippen LogP contribution in [-0.2, 0) is 11.3 Å². The molecule has 0 aliphatic carbocycles. The van der Waals surface area contributed by atoms with Gasteiger partial charge in [-0.1, -0.05) is 48.2 Å². The highest BCUT2D eigenvalue weighted by atomic mass is 32.2. The first-order valence-corrected chi connectivity index (χ1v) is 11.6. The smallest absolute Gasteiger partial charge is 0.233 e. The zero-order valence-corrected chi connectivity index (χ0v) is 19.0. The average Bonchev–Trinajstić information content (AvgIpc) is 3.25. The third kappa shape index (κ3) is 4.80. The summed E-state index contributed by atoms with van der Waals surface area (Å²) in [6.07, 6.45) is 1.80. The number of methoxy groups -OCH3 is 1. The van der Waals surface area contributed by atoms with Crippen LogP contribution in [0, 0.1) is 0 Å². The maximum Gasteiger partial charge on any atom is 0.233 e. The van der Waals surface area contributed by atoms with Crippen LogP contribution in [0.5, 0.6) is 5.75 Å². The SMILES string of the molecule is C=CCn1c(SCC(=O)N2CCN(c3ccccc3)CC2)nnc1-c1ccccc1OC. The van der Waals surface area contributed by atoms with E-state index in [9.17, 15) is 4.79 Å². The van der Waals surface area contributed by atoms with Crippen molar-refractivity contribution in [2.45, 2.75) is 11.7 Å². The van der Waals surface area contributed by atoms with Crippen molar-refractivity contribution in [1.82, 2.24) is 19.7 Å². The topological polar surface area (TPSA) is 63.5 Å². The number of rotatable bonds is 8. The number of para-hydroxylation sites is 2. The number of aromatic nitrogens is 3. The van der Waals surface area contributed by atoms with Gasteiger partial charge < -0.3 is 14.5 Å². The molecule has 0 saturated carbocycles. The summed E-state index contributed by atoms with van der Waals surface area (Å²) >= 11 is 1.41. The number of hydrogen-bond donors (Lipinski definition) is 0. The summed E-state index contributed by atoms with van der Waals surface area (Å²) in [5, 5.41) is 9.43. The molecule has 0 radical (unpaired) electrons. The number of piperazine rings is 1. The predicted octanol–water partition coefficient (Wildman–Crippen LogP) is 3.58. The monoisotopic (exact) mass is 449 g/mol. The van der Waals surface area contributed by atoms with Gasteiger partial charge in [0.15, 0.2) is 11.0 Å². The molecule has 0 bridgehead atoms. The second-order valence-electron chi connectivity index (χ2n) is 7.40. The van der Waals surface area contributed by atoms with Crippen molar-refractivity contribution >= 4 is 23.4 Å². The summed E-state index contributed by atoms with van der Waals surface area (Å²) < 4.78 is 7.45. The molecule has 3 aromatic rings. The number of hydrogen-bond acceptors (Lipinski definition) is 6. The Morgan fingerprint density at radius 1 is 1.06 bits per heavy atom. The van der Waals surface area contributed by atoms with Crippen LogP contribution in [0.15, 0.2) is 72.4 Å². The fraction of sp³-hybridized carbons (Fsp3) is 0.292. The van der Waals surface area contributed by atoms with Crippen LogP contribution in [0.3, 0.4) is 0 Å². The van der Waals surface area contributed by atoms with Gasteiger partial charge in [0.2, 0.25) is 5.91 Å². The highest BCUT2D eigenvalue weighted by Crippen LogP contribution is 2.31. The van der Waals surface area contributed by atoms with E-state index in [1.165, 1.54) is 17.4 Å². The molecule has 0 N–H and O–H groups in total. The second-order valence-corrected chi connectivity index (χ2v) is 8.34. The van der Waals surface area contributed by atoms with E-state index in [0.717, 1.165) is 37.5 Å². The maximum absolute atomic E-state index is 12.8. The normalized spacial score (nSPS) is 13.8. The van der Waals surface area contributed by atoms with Crippen LogP contribution in [-0.4, -0.2) is 64.6 Å². The van der Waals surface area contributed by atoms with Gasteiger partial charge in [0.05, 0.1) is 18.4 Å². The minimum Gasteiger partial charge on any atom is -0.496 e. The number of thioether (sulfide) groups is 1. The van der Waals surface area contributed by atoms with E-state index < -0.39 is 0 Å². The lowest BCUT2D eigenvalue weighted by molar-refractivity contribution is -0.128. The molecular weight excluding hydrogens is 422 g/mol. The lowest BCUT2D eigenvalue weighted by atomic mass is 10.2. The number of anilines is 1. The predicted molar refractivity (Wildman–Crippen MR) is 128 cm³/mol. The zero-order valence-electron chi connectivity index (χ0n) is 18.2. The van der Waals surface area contributed by atoms with Crippen LogP contribution in [0.25, 0.3) is 11.4 Å². The number of amides is 1. The van der Waals surface area contributed by atoms with Crippen molar-refractivity contribution in [2.24, 2.45) is 0 Å². The molecule has 4 rings (SSSR count). The molecule has 32 heavy (non-hydrogen) atoms. The fourth-order valence-electron chi connectivity index (χ4n) is 3.79. The zero-order chi connectivity index (χ0) is 22.3. The summed E-state index contributed by atoms with van der Waals surface area (Å²) in [5.41, 5.74) is 2.06. The van der Waals surface area contributed by atoms with Crippen molar-refractivity contribution in [3.8, 4) is 17.1 Å². The van der Waals surface area contributed by atoms with Gasteiger partial charge in [-0.2, -0.15) is 0 Å². The number of benzene rings is 2. The van der Waals surface area contributed by atoms with Gasteiger partial charge in [0.1, 0.15) is 5.75 Å². The molecule has 166 valence electrons. The molecule has 8 heteroatoms. The van der Waals surface area contributed by atoms with E-state index in [1.54, 1.807) is 13.2 Å². The molecule has 1 aromatic heterocycles. The number of nitrogens with zero attached hydrogens (tertiary/aromatic N) is 5. The number of ether oxygens (including phenoxy) is 1. The largest absolute Gasteiger partial charge is 0.496 e. The van der Waals surface area contributed by atoms with Gasteiger partial charge in [-0.3, -0.25) is 9.36 Å². The van der Waals surface area contributed by atoms with Crippen molar-refractivity contribution in [1.29, 1.82) is 0 Å². The molecule has 1 fully saturated rings. The van der Waals surface area contributed by atoms with Crippen LogP contribution in [0.4, 0.5) is 5.69 Å². The molecule has 1 aliphatic rings. The van der Waals surface area contributed by atoms with Crippen molar-refractivity contribution < 1.29 is 9.53 Å². The van der Waals surface area contributed by atoms with Crippen LogP contribution in [0.2, 0.25) is 0 Å². The molecule has 1 aliphatic heterocycles. The van der Waals surface area contributed by atoms with E-state index >= 15 is 0 Å². The summed E-state index contributed by atoms with van der Waals surface area (Å²) in [4.78, 5) is 17.1. The summed E-state index contributed by atoms with van der Waals surface area (Å²) in [6, 6.07) is 18.0. The number of allylic oxidation sites excluding steroid dienone is 1. The lowest BCUT2D eigenvalue weighted by Gasteiger charge is -2.36. The van der Waals surface area contributed by atoms with E-state index in [4.69, 9.17) is 4.74 Å². The van der Waals surface area contributed by atoms with E-state index in [-0.39, 0.29) is 5.91 Å². The highest BCUT2D eigenvalue weighted by Gasteiger charge is 2.23. The summed E-state index contributed by atoms with van der Waals surface area (Å²) in [5.74, 6) is 1.88. The Morgan fingerprint density at radius 2 is 1.78 bits per heavy atom. The van der Waals surface area contributed by atoms with E-state index in [1.807, 2.05) is 51.9 Å². The average molecular weight is 450 g/mol. The minimum atomic E-state index is 0.120. The standard InChI is InChI=1S/C24H27N5O2S/c1-3-13-29-23(20-11-7-8-12-21(20)31-2)25-26-24(29)32-18-22(30)28-16-14-27(15-17-28)19-9-5-4-6-10-19/h3-12H,1,13-18H2,2H3. The molecule has 7 nitrogen and oxygen atoms in total. The summed E-state index contributed by atoms with van der Waals surface area (Å²) in [7, 11) is 1.64. The highest BCUT2D eigenvalue weighted by molar-refractivity contribution is 7.99. The second kappa shape index (κ2) is 10.4. The molecule has 0 unspecified atom stereocenters. The Balaban J connectivity index is 1.40. The Kier molecular flexibility index (Phi) is 7.11. The quantitative estimate of drug-likeness (QED) is 0.387. The summed E-state index contributed by atoms with van der Waals surface area (Å²) in [6.45, 7) is 7.53. The van der Waals surface area contributed by atoms with Crippen molar-refractivity contribution in [3.63, 3.8) is 0 Å². The van der Waals surface area contributed by atoms with Gasteiger partial charge in [0.25, 0.3) is 0 Å². The van der Waals surface area contributed by atoms with Crippen LogP contribution < -0.4 is 9.64 Å². The Morgan fingerprint density at radius 3 is 2.50 bits per heavy atom. The minimum absolute atomic E-state index is 0.120. The Hall–Kier alpha value is -3.26. The van der Waals surface area contributed by atoms with E-state index in [0.29, 0.717) is 23.3 Å². The molecule has 0 spiro atoms. The Bertz CT molecular complexity index is 1060. The first-order chi connectivity index (χ1) is 15.7. The van der Waals surface area contributed by atoms with Crippen LogP contribution >= 0.6 is 11.8 Å². The third-order valence-electron chi connectivity index (χ3n) is 5.45. The first-order valence-electron chi connectivity index (χ1n) is 10.6. The number of carbonyl (C=O) groups excluding carboxylic acids is 1. The van der Waals surface area contributed by atoms with E-state index in [2.05, 4.69) is 33.8 Å². The van der Waals surface area contributed by atoms with Crippen molar-refractivity contribution in [2.75, 3.05) is 43.9 Å². The van der Waals surface area contributed by atoms with Gasteiger partial charge in [-0.25, -0.2) is 0 Å². The molecular formula is C24H27N5O2S. The molecule has 0 atom stereocenters. The Labute approximate surface area is 192 Å². The molecule has 1 saturated heterocycles. The number of carbonyl (C=O) groups is 1. The van der Waals surface area contributed by atoms with Gasteiger partial charge >= 0.3 is 0 Å². The maximum atomic E-state index is 12.8. The fourth-order valence-corrected chi connectivity index (χ4v) is 4.64. The van der Waals surface area contributed by atoms with Crippen molar-refractivity contribution in [3.05, 3.63) is 67.3 Å². The van der Waals surface area contributed by atoms with Gasteiger partial charge in [0, 0.05) is 38.4 Å². The third-order valence-corrected chi connectivity index (χ3v) is 6.41. The van der Waals surface area contributed by atoms with Crippen LogP contribution in [0.1, 0.15) is 0 Å². The molecule has 2 aromatic carbocycles.